The number of benzene rings is 1. The second-order valence-electron chi connectivity index (χ2n) is 8.11. The highest BCUT2D eigenvalue weighted by Crippen LogP contribution is 2.22. The van der Waals surface area contributed by atoms with Crippen LogP contribution in [0.5, 0.6) is 5.75 Å². The largest absolute Gasteiger partial charge is 0.491 e. The summed E-state index contributed by atoms with van der Waals surface area (Å²) in [5.74, 6) is 0.861. The molecule has 0 bridgehead atoms. The number of aromatic nitrogens is 1. The Morgan fingerprint density at radius 3 is 2.40 bits per heavy atom. The summed E-state index contributed by atoms with van der Waals surface area (Å²) in [7, 11) is -3.18. The fourth-order valence-corrected chi connectivity index (χ4v) is 5.25. The molecule has 1 fully saturated rings. The highest BCUT2D eigenvalue weighted by Gasteiger charge is 2.29. The molecule has 166 valence electrons. The summed E-state index contributed by atoms with van der Waals surface area (Å²) in [4.78, 5) is 6.58. The van der Waals surface area contributed by atoms with Crippen molar-refractivity contribution in [3.8, 4) is 5.75 Å². The molecule has 1 N–H and O–H groups in total. The maximum Gasteiger partial charge on any atom is 0.216 e. The molecule has 1 saturated heterocycles. The Morgan fingerprint density at radius 1 is 1.10 bits per heavy atom. The third-order valence-corrected chi connectivity index (χ3v) is 7.97. The van der Waals surface area contributed by atoms with E-state index in [2.05, 4.69) is 33.4 Å². The zero-order chi connectivity index (χ0) is 21.7. The summed E-state index contributed by atoms with van der Waals surface area (Å²) in [5.41, 5.74) is 2.31. The first-order valence-corrected chi connectivity index (χ1v) is 12.8. The lowest BCUT2D eigenvalue weighted by molar-refractivity contribution is 0.180. The van der Waals surface area contributed by atoms with Gasteiger partial charge in [-0.2, -0.15) is 4.31 Å². The molecule has 1 aromatic carbocycles. The number of nitrogens with one attached hydrogen (secondary N) is 1. The van der Waals surface area contributed by atoms with E-state index in [1.807, 2.05) is 19.2 Å². The normalized spacial score (nSPS) is 16.3. The van der Waals surface area contributed by atoms with Crippen molar-refractivity contribution in [2.45, 2.75) is 52.1 Å². The van der Waals surface area contributed by atoms with Gasteiger partial charge in [-0.1, -0.05) is 6.07 Å². The molecule has 0 spiro atoms. The second kappa shape index (κ2) is 10.1. The molecule has 1 aromatic heterocycles. The fraction of sp³-hybridized carbons (Fsp3) is 0.571. The van der Waals surface area contributed by atoms with E-state index in [4.69, 9.17) is 4.74 Å². The third kappa shape index (κ3) is 6.16. The van der Waals surface area contributed by atoms with Gasteiger partial charge in [0, 0.05) is 50.8 Å². The van der Waals surface area contributed by atoms with Crippen LogP contribution in [-0.4, -0.2) is 60.1 Å². The van der Waals surface area contributed by atoms with Crippen LogP contribution in [0.25, 0.3) is 0 Å². The van der Waals surface area contributed by atoms with Crippen molar-refractivity contribution in [1.82, 2.24) is 14.2 Å². The fourth-order valence-electron chi connectivity index (χ4n) is 3.45. The van der Waals surface area contributed by atoms with E-state index in [1.54, 1.807) is 35.7 Å². The second-order valence-corrected chi connectivity index (χ2v) is 11.5. The first-order valence-electron chi connectivity index (χ1n) is 10.4. The van der Waals surface area contributed by atoms with Crippen molar-refractivity contribution in [2.75, 3.05) is 31.5 Å². The van der Waals surface area contributed by atoms with E-state index in [0.29, 0.717) is 19.6 Å². The molecule has 0 radical (unpaired) electrons. The minimum atomic E-state index is -3.18. The molecular formula is C21H32N4O3S2. The molecule has 0 saturated carbocycles. The van der Waals surface area contributed by atoms with Gasteiger partial charge in [-0.15, -0.1) is 11.3 Å². The number of anilines is 1. The molecule has 30 heavy (non-hydrogen) atoms. The van der Waals surface area contributed by atoms with Crippen molar-refractivity contribution >= 4 is 26.5 Å². The van der Waals surface area contributed by atoms with Gasteiger partial charge < -0.3 is 10.1 Å². The molecule has 3 rings (SSSR count). The van der Waals surface area contributed by atoms with Gasteiger partial charge in [-0.25, -0.2) is 13.4 Å². The van der Waals surface area contributed by atoms with Crippen LogP contribution in [0.1, 0.15) is 38.8 Å². The predicted molar refractivity (Wildman–Crippen MR) is 123 cm³/mol. The zero-order valence-corrected chi connectivity index (χ0v) is 19.8. The van der Waals surface area contributed by atoms with E-state index in [0.717, 1.165) is 36.1 Å². The Balaban J connectivity index is 1.66. The first-order chi connectivity index (χ1) is 14.2. The van der Waals surface area contributed by atoms with Gasteiger partial charge >= 0.3 is 0 Å². The lowest BCUT2D eigenvalue weighted by atomic mass is 10.1. The van der Waals surface area contributed by atoms with Crippen LogP contribution in [-0.2, 0) is 23.1 Å². The molecule has 9 heteroatoms. The summed E-state index contributed by atoms with van der Waals surface area (Å²) in [6.45, 7) is 11.5. The van der Waals surface area contributed by atoms with Crippen LogP contribution in [0.4, 0.5) is 5.13 Å². The van der Waals surface area contributed by atoms with Gasteiger partial charge in [0.05, 0.1) is 11.4 Å². The highest BCUT2D eigenvalue weighted by atomic mass is 32.2. The molecular weight excluding hydrogens is 420 g/mol. The van der Waals surface area contributed by atoms with Crippen molar-refractivity contribution in [3.05, 3.63) is 40.9 Å². The molecule has 0 atom stereocenters. The van der Waals surface area contributed by atoms with Gasteiger partial charge in [-0.3, -0.25) is 4.90 Å². The van der Waals surface area contributed by atoms with Crippen LogP contribution in [0.2, 0.25) is 0 Å². The van der Waals surface area contributed by atoms with Gasteiger partial charge in [0.1, 0.15) is 5.75 Å². The van der Waals surface area contributed by atoms with Crippen LogP contribution in [0.15, 0.2) is 29.8 Å². The maximum absolute atomic E-state index is 12.4. The van der Waals surface area contributed by atoms with Crippen molar-refractivity contribution in [2.24, 2.45) is 0 Å². The number of rotatable bonds is 9. The van der Waals surface area contributed by atoms with Gasteiger partial charge in [0.25, 0.3) is 0 Å². The average molecular weight is 453 g/mol. The molecule has 7 nitrogen and oxygen atoms in total. The Morgan fingerprint density at radius 2 is 1.80 bits per heavy atom. The van der Waals surface area contributed by atoms with Crippen LogP contribution in [0, 0.1) is 0 Å². The lowest BCUT2D eigenvalue weighted by Gasteiger charge is -2.35. The van der Waals surface area contributed by atoms with E-state index in [9.17, 15) is 8.42 Å². The standard InChI is InChI=1S/C21H32N4O3S2/c1-16(2)28-20-12-18(14-23-21-22-5-10-29-21)11-19(13-20)15-24-6-8-25(9-7-24)30(26,27)17(3)4/h5,10-13,16-17H,6-9,14-15H2,1-4H3,(H,22,23). The summed E-state index contributed by atoms with van der Waals surface area (Å²) in [6, 6.07) is 6.34. The number of thiazole rings is 1. The van der Waals surface area contributed by atoms with Crippen LogP contribution in [0.3, 0.4) is 0 Å². The summed E-state index contributed by atoms with van der Waals surface area (Å²) >= 11 is 1.58. The molecule has 1 aliphatic rings. The SMILES string of the molecule is CC(C)Oc1cc(CNc2nccs2)cc(CN2CCN(S(=O)(=O)C(C)C)CC2)c1. The predicted octanol–water partition coefficient (Wildman–Crippen LogP) is 3.40. The number of nitrogens with zero attached hydrogens (tertiary/aromatic N) is 3. The third-order valence-electron chi connectivity index (χ3n) is 4.97. The Bertz CT molecular complexity index is 906. The van der Waals surface area contributed by atoms with Crippen molar-refractivity contribution < 1.29 is 13.2 Å². The smallest absolute Gasteiger partial charge is 0.216 e. The maximum atomic E-state index is 12.4. The highest BCUT2D eigenvalue weighted by molar-refractivity contribution is 7.89. The first kappa shape index (κ1) is 23.0. The monoisotopic (exact) mass is 452 g/mol. The number of piperazine rings is 1. The van der Waals surface area contributed by atoms with E-state index in [-0.39, 0.29) is 11.4 Å². The summed E-state index contributed by atoms with van der Waals surface area (Å²) < 4.78 is 32.4. The number of hydrogen-bond donors (Lipinski definition) is 1. The zero-order valence-electron chi connectivity index (χ0n) is 18.2. The van der Waals surface area contributed by atoms with Crippen LogP contribution >= 0.6 is 11.3 Å². The molecule has 0 aliphatic carbocycles. The Hall–Kier alpha value is -1.68. The number of sulfonamides is 1. The van der Waals surface area contributed by atoms with E-state index in [1.165, 1.54) is 5.56 Å². The summed E-state index contributed by atoms with van der Waals surface area (Å²) in [5, 5.41) is 5.82. The molecule has 2 aromatic rings. The average Bonchev–Trinajstić information content (AvgIpc) is 3.20. The minimum absolute atomic E-state index is 0.102. The quantitative estimate of drug-likeness (QED) is 0.629. The lowest BCUT2D eigenvalue weighted by Crippen LogP contribution is -2.49. The van der Waals surface area contributed by atoms with E-state index < -0.39 is 10.0 Å². The Kier molecular flexibility index (Phi) is 7.73. The van der Waals surface area contributed by atoms with Gasteiger partial charge in [0.2, 0.25) is 10.0 Å². The van der Waals surface area contributed by atoms with E-state index >= 15 is 0 Å². The van der Waals surface area contributed by atoms with Gasteiger partial charge in [-0.05, 0) is 51.0 Å². The van der Waals surface area contributed by atoms with Crippen molar-refractivity contribution in [3.63, 3.8) is 0 Å². The minimum Gasteiger partial charge on any atom is -0.491 e. The van der Waals surface area contributed by atoms with Crippen LogP contribution < -0.4 is 10.1 Å². The van der Waals surface area contributed by atoms with Gasteiger partial charge in [0.15, 0.2) is 5.13 Å². The molecule has 0 unspecified atom stereocenters. The molecule has 2 heterocycles. The summed E-state index contributed by atoms with van der Waals surface area (Å²) in [6.07, 6.45) is 1.89. The number of ether oxygens (including phenoxy) is 1. The topological polar surface area (TPSA) is 74.8 Å². The number of hydrogen-bond acceptors (Lipinski definition) is 7. The Labute approximate surface area is 184 Å². The van der Waals surface area contributed by atoms with Crippen molar-refractivity contribution in [1.29, 1.82) is 0 Å². The molecule has 0 amide bonds. The molecule has 1 aliphatic heterocycles.